The SMILES string of the molecule is COc1ccc(OC)c(CCC(=O)OCC(=O)Nc2ccc(C)cc2)c1. The molecule has 0 heterocycles. The van der Waals surface area contributed by atoms with Crippen LogP contribution < -0.4 is 14.8 Å². The van der Waals surface area contributed by atoms with E-state index >= 15 is 0 Å². The number of rotatable bonds is 8. The number of methoxy groups -OCH3 is 2. The number of anilines is 1. The van der Waals surface area contributed by atoms with Crippen molar-refractivity contribution >= 4 is 17.6 Å². The van der Waals surface area contributed by atoms with Gasteiger partial charge in [0.05, 0.1) is 14.2 Å². The zero-order valence-electron chi connectivity index (χ0n) is 15.2. The summed E-state index contributed by atoms with van der Waals surface area (Å²) in [5.41, 5.74) is 2.60. The highest BCUT2D eigenvalue weighted by Crippen LogP contribution is 2.25. The van der Waals surface area contributed by atoms with E-state index in [0.717, 1.165) is 11.1 Å². The number of carbonyl (C=O) groups excluding carboxylic acids is 2. The number of aryl methyl sites for hydroxylation is 2. The van der Waals surface area contributed by atoms with Crippen LogP contribution in [0.3, 0.4) is 0 Å². The molecule has 0 aromatic heterocycles. The molecule has 2 aromatic carbocycles. The molecule has 0 bridgehead atoms. The summed E-state index contributed by atoms with van der Waals surface area (Å²) in [6.07, 6.45) is 0.570. The predicted molar refractivity (Wildman–Crippen MR) is 98.6 cm³/mol. The molecule has 0 unspecified atom stereocenters. The van der Waals surface area contributed by atoms with Crippen molar-refractivity contribution in [2.75, 3.05) is 26.1 Å². The van der Waals surface area contributed by atoms with Crippen molar-refractivity contribution in [2.45, 2.75) is 19.8 Å². The number of nitrogens with one attached hydrogen (secondary N) is 1. The molecule has 6 nitrogen and oxygen atoms in total. The van der Waals surface area contributed by atoms with Gasteiger partial charge in [-0.25, -0.2) is 0 Å². The Morgan fingerprint density at radius 1 is 1.00 bits per heavy atom. The van der Waals surface area contributed by atoms with E-state index < -0.39 is 5.97 Å². The van der Waals surface area contributed by atoms with Gasteiger partial charge >= 0.3 is 5.97 Å². The normalized spacial score (nSPS) is 10.1. The smallest absolute Gasteiger partial charge is 0.306 e. The summed E-state index contributed by atoms with van der Waals surface area (Å²) in [7, 11) is 3.14. The molecule has 1 amide bonds. The fourth-order valence-corrected chi connectivity index (χ4v) is 2.37. The van der Waals surface area contributed by atoms with Gasteiger partial charge in [0.25, 0.3) is 5.91 Å². The zero-order chi connectivity index (χ0) is 18.9. The highest BCUT2D eigenvalue weighted by Gasteiger charge is 2.11. The molecule has 2 rings (SSSR count). The van der Waals surface area contributed by atoms with E-state index in [1.807, 2.05) is 25.1 Å². The lowest BCUT2D eigenvalue weighted by atomic mass is 10.1. The first-order chi connectivity index (χ1) is 12.5. The Labute approximate surface area is 153 Å². The summed E-state index contributed by atoms with van der Waals surface area (Å²) < 4.78 is 15.5. The lowest BCUT2D eigenvalue weighted by Gasteiger charge is -2.10. The molecule has 0 saturated heterocycles. The van der Waals surface area contributed by atoms with Gasteiger partial charge in [0.2, 0.25) is 0 Å². The van der Waals surface area contributed by atoms with Crippen LogP contribution in [0, 0.1) is 6.92 Å². The Hall–Kier alpha value is -3.02. The lowest BCUT2D eigenvalue weighted by Crippen LogP contribution is -2.21. The third kappa shape index (κ3) is 5.81. The van der Waals surface area contributed by atoms with E-state index in [1.54, 1.807) is 38.5 Å². The Morgan fingerprint density at radius 3 is 2.38 bits per heavy atom. The summed E-state index contributed by atoms with van der Waals surface area (Å²) in [6.45, 7) is 1.65. The Morgan fingerprint density at radius 2 is 1.73 bits per heavy atom. The van der Waals surface area contributed by atoms with E-state index in [4.69, 9.17) is 14.2 Å². The second-order valence-electron chi connectivity index (χ2n) is 5.75. The average Bonchev–Trinajstić information content (AvgIpc) is 2.66. The van der Waals surface area contributed by atoms with Crippen molar-refractivity contribution in [3.8, 4) is 11.5 Å². The van der Waals surface area contributed by atoms with Gasteiger partial charge in [0, 0.05) is 12.1 Å². The lowest BCUT2D eigenvalue weighted by molar-refractivity contribution is -0.147. The number of hydrogen-bond acceptors (Lipinski definition) is 5. The van der Waals surface area contributed by atoms with Gasteiger partial charge in [-0.2, -0.15) is 0 Å². The van der Waals surface area contributed by atoms with E-state index in [2.05, 4.69) is 5.32 Å². The molecular formula is C20H23NO5. The number of benzene rings is 2. The quantitative estimate of drug-likeness (QED) is 0.735. The summed E-state index contributed by atoms with van der Waals surface area (Å²) >= 11 is 0. The second kappa shape index (κ2) is 9.46. The third-order valence-electron chi connectivity index (χ3n) is 3.79. The molecule has 0 spiro atoms. The van der Waals surface area contributed by atoms with Crippen LogP contribution in [0.1, 0.15) is 17.5 Å². The Bertz CT molecular complexity index is 755. The molecule has 0 aliphatic rings. The Kier molecular flexibility index (Phi) is 7.02. The number of amides is 1. The molecule has 0 atom stereocenters. The van der Waals surface area contributed by atoms with Gasteiger partial charge in [-0.1, -0.05) is 17.7 Å². The molecule has 1 N–H and O–H groups in total. The van der Waals surface area contributed by atoms with Crippen LogP contribution in [0.4, 0.5) is 5.69 Å². The molecule has 6 heteroatoms. The van der Waals surface area contributed by atoms with E-state index in [0.29, 0.717) is 23.6 Å². The van der Waals surface area contributed by atoms with Gasteiger partial charge < -0.3 is 19.5 Å². The fraction of sp³-hybridized carbons (Fsp3) is 0.300. The maximum atomic E-state index is 11.9. The van der Waals surface area contributed by atoms with Crippen molar-refractivity contribution in [1.29, 1.82) is 0 Å². The van der Waals surface area contributed by atoms with E-state index in [9.17, 15) is 9.59 Å². The van der Waals surface area contributed by atoms with Gasteiger partial charge in [0.15, 0.2) is 6.61 Å². The molecule has 0 fully saturated rings. The summed E-state index contributed by atoms with van der Waals surface area (Å²) in [5.74, 6) is 0.539. The maximum absolute atomic E-state index is 11.9. The first kappa shape index (κ1) is 19.3. The van der Waals surface area contributed by atoms with Crippen LogP contribution in [0.5, 0.6) is 11.5 Å². The monoisotopic (exact) mass is 357 g/mol. The number of ether oxygens (including phenoxy) is 3. The van der Waals surface area contributed by atoms with Crippen molar-refractivity contribution in [3.05, 3.63) is 53.6 Å². The molecule has 26 heavy (non-hydrogen) atoms. The molecule has 138 valence electrons. The van der Waals surface area contributed by atoms with Crippen molar-refractivity contribution in [1.82, 2.24) is 0 Å². The molecular weight excluding hydrogens is 334 g/mol. The topological polar surface area (TPSA) is 73.9 Å². The highest BCUT2D eigenvalue weighted by molar-refractivity contribution is 5.92. The molecule has 0 saturated carbocycles. The van der Waals surface area contributed by atoms with Gasteiger partial charge in [0.1, 0.15) is 11.5 Å². The first-order valence-corrected chi connectivity index (χ1v) is 8.25. The van der Waals surface area contributed by atoms with Gasteiger partial charge in [-0.15, -0.1) is 0 Å². The summed E-state index contributed by atoms with van der Waals surface area (Å²) in [5, 5.41) is 2.68. The zero-order valence-corrected chi connectivity index (χ0v) is 15.2. The minimum absolute atomic E-state index is 0.140. The van der Waals surface area contributed by atoms with Gasteiger partial charge in [-0.3, -0.25) is 9.59 Å². The average molecular weight is 357 g/mol. The van der Waals surface area contributed by atoms with E-state index in [-0.39, 0.29) is 18.9 Å². The van der Waals surface area contributed by atoms with Gasteiger partial charge in [-0.05, 0) is 49.2 Å². The van der Waals surface area contributed by atoms with Crippen molar-refractivity contribution in [2.24, 2.45) is 0 Å². The first-order valence-electron chi connectivity index (χ1n) is 8.25. The largest absolute Gasteiger partial charge is 0.497 e. The predicted octanol–water partition coefficient (Wildman–Crippen LogP) is 3.13. The van der Waals surface area contributed by atoms with Crippen molar-refractivity contribution in [3.63, 3.8) is 0 Å². The molecule has 0 aliphatic carbocycles. The molecule has 0 aliphatic heterocycles. The Balaban J connectivity index is 1.80. The van der Waals surface area contributed by atoms with E-state index in [1.165, 1.54) is 0 Å². The van der Waals surface area contributed by atoms with Crippen LogP contribution >= 0.6 is 0 Å². The third-order valence-corrected chi connectivity index (χ3v) is 3.79. The molecule has 0 radical (unpaired) electrons. The van der Waals surface area contributed by atoms with Crippen LogP contribution in [-0.4, -0.2) is 32.7 Å². The standard InChI is InChI=1S/C20H23NO5/c1-14-4-7-16(8-5-14)21-19(22)13-26-20(23)11-6-15-12-17(24-2)9-10-18(15)25-3/h4-5,7-10,12H,6,11,13H2,1-3H3,(H,21,22). The number of carbonyl (C=O) groups is 2. The summed E-state index contributed by atoms with van der Waals surface area (Å²) in [6, 6.07) is 12.8. The van der Waals surface area contributed by atoms with Crippen LogP contribution in [0.2, 0.25) is 0 Å². The molecule has 2 aromatic rings. The summed E-state index contributed by atoms with van der Waals surface area (Å²) in [4.78, 5) is 23.7. The van der Waals surface area contributed by atoms with Crippen LogP contribution in [0.15, 0.2) is 42.5 Å². The number of esters is 1. The van der Waals surface area contributed by atoms with Crippen LogP contribution in [-0.2, 0) is 20.7 Å². The highest BCUT2D eigenvalue weighted by atomic mass is 16.5. The minimum Gasteiger partial charge on any atom is -0.497 e. The minimum atomic E-state index is -0.450. The fourth-order valence-electron chi connectivity index (χ4n) is 2.37. The van der Waals surface area contributed by atoms with Crippen molar-refractivity contribution < 1.29 is 23.8 Å². The second-order valence-corrected chi connectivity index (χ2v) is 5.75. The van der Waals surface area contributed by atoms with Crippen LogP contribution in [0.25, 0.3) is 0 Å². The number of hydrogen-bond donors (Lipinski definition) is 1. The maximum Gasteiger partial charge on any atom is 0.306 e.